The first-order chi connectivity index (χ1) is 8.45. The van der Waals surface area contributed by atoms with Crippen LogP contribution < -0.4 is 4.74 Å². The van der Waals surface area contributed by atoms with Crippen molar-refractivity contribution in [1.82, 2.24) is 0 Å². The highest BCUT2D eigenvalue weighted by Crippen LogP contribution is 2.27. The van der Waals surface area contributed by atoms with E-state index in [1.807, 2.05) is 24.3 Å². The zero-order chi connectivity index (χ0) is 13.2. The lowest BCUT2D eigenvalue weighted by atomic mass is 9.97. The van der Waals surface area contributed by atoms with Crippen LogP contribution in [0.2, 0.25) is 0 Å². The van der Waals surface area contributed by atoms with Gasteiger partial charge in [0.05, 0.1) is 11.4 Å². The summed E-state index contributed by atoms with van der Waals surface area (Å²) in [4.78, 5) is 0. The lowest BCUT2D eigenvalue weighted by Gasteiger charge is -2.28. The van der Waals surface area contributed by atoms with E-state index in [0.29, 0.717) is 6.42 Å². The number of hydrogen-bond acceptors (Lipinski definition) is 3. The number of benzene rings is 1. The fraction of sp³-hybridized carbons (Fsp3) is 0.538. The highest BCUT2D eigenvalue weighted by atomic mass is 127. The third kappa shape index (κ3) is 3.85. The first-order valence-corrected chi connectivity index (χ1v) is 9.09. The van der Waals surface area contributed by atoms with Crippen molar-refractivity contribution >= 4 is 32.4 Å². The predicted octanol–water partition coefficient (Wildman–Crippen LogP) is 3.03. The fourth-order valence-electron chi connectivity index (χ4n) is 2.33. The van der Waals surface area contributed by atoms with Gasteiger partial charge in [0, 0.05) is 16.2 Å². The van der Waals surface area contributed by atoms with Crippen molar-refractivity contribution in [2.75, 3.05) is 6.26 Å². The molecule has 100 valence electrons. The fourth-order valence-corrected chi connectivity index (χ4v) is 4.00. The van der Waals surface area contributed by atoms with Crippen LogP contribution in [0, 0.1) is 3.57 Å². The van der Waals surface area contributed by atoms with Gasteiger partial charge in [-0.15, -0.1) is 0 Å². The van der Waals surface area contributed by atoms with Gasteiger partial charge in [-0.3, -0.25) is 0 Å². The number of rotatable bonds is 3. The summed E-state index contributed by atoms with van der Waals surface area (Å²) in [6.45, 7) is 0. The molecule has 1 aliphatic rings. The molecule has 0 aromatic heterocycles. The van der Waals surface area contributed by atoms with E-state index in [0.717, 1.165) is 28.6 Å². The topological polar surface area (TPSA) is 43.4 Å². The third-order valence-electron chi connectivity index (χ3n) is 3.28. The van der Waals surface area contributed by atoms with Gasteiger partial charge in [-0.1, -0.05) is 6.07 Å². The zero-order valence-corrected chi connectivity index (χ0v) is 13.3. The molecule has 2 rings (SSSR count). The molecular weight excluding hydrogens is 363 g/mol. The Morgan fingerprint density at radius 1 is 1.33 bits per heavy atom. The lowest BCUT2D eigenvalue weighted by molar-refractivity contribution is 0.156. The second kappa shape index (κ2) is 5.77. The molecule has 0 radical (unpaired) electrons. The monoisotopic (exact) mass is 380 g/mol. The van der Waals surface area contributed by atoms with Crippen molar-refractivity contribution in [2.24, 2.45) is 0 Å². The van der Waals surface area contributed by atoms with Gasteiger partial charge < -0.3 is 4.74 Å². The number of halogens is 1. The van der Waals surface area contributed by atoms with Gasteiger partial charge in [-0.25, -0.2) is 8.42 Å². The highest BCUT2D eigenvalue weighted by molar-refractivity contribution is 14.1. The number of hydrogen-bond donors (Lipinski definition) is 0. The molecule has 1 aromatic rings. The van der Waals surface area contributed by atoms with E-state index in [1.165, 1.54) is 6.26 Å². The summed E-state index contributed by atoms with van der Waals surface area (Å²) >= 11 is 2.24. The Morgan fingerprint density at radius 2 is 2.11 bits per heavy atom. The van der Waals surface area contributed by atoms with Crippen LogP contribution in [-0.2, 0) is 9.84 Å². The molecule has 0 heterocycles. The van der Waals surface area contributed by atoms with E-state index in [4.69, 9.17) is 4.74 Å². The molecule has 2 unspecified atom stereocenters. The summed E-state index contributed by atoms with van der Waals surface area (Å²) < 4.78 is 30.2. The maximum Gasteiger partial charge on any atom is 0.150 e. The van der Waals surface area contributed by atoms with Crippen LogP contribution in [0.5, 0.6) is 5.75 Å². The maximum absolute atomic E-state index is 11.6. The summed E-state index contributed by atoms with van der Waals surface area (Å²) in [6.07, 6.45) is 4.60. The minimum absolute atomic E-state index is 0.0247. The van der Waals surface area contributed by atoms with Gasteiger partial charge >= 0.3 is 0 Å². The highest BCUT2D eigenvalue weighted by Gasteiger charge is 2.29. The summed E-state index contributed by atoms with van der Waals surface area (Å²) in [5.41, 5.74) is 0. The number of sulfone groups is 1. The number of ether oxygens (including phenoxy) is 1. The van der Waals surface area contributed by atoms with Gasteiger partial charge in [-0.2, -0.15) is 0 Å². The van der Waals surface area contributed by atoms with Crippen LogP contribution in [0.25, 0.3) is 0 Å². The van der Waals surface area contributed by atoms with Crippen molar-refractivity contribution in [1.29, 1.82) is 0 Å². The van der Waals surface area contributed by atoms with Crippen LogP contribution in [0.1, 0.15) is 25.7 Å². The Kier molecular flexibility index (Phi) is 4.53. The SMILES string of the molecule is CS(=O)(=O)C1CCCC(Oc2cccc(I)c2)C1. The summed E-state index contributed by atoms with van der Waals surface area (Å²) in [7, 11) is -2.94. The van der Waals surface area contributed by atoms with Crippen LogP contribution in [0.3, 0.4) is 0 Å². The molecule has 1 aromatic carbocycles. The van der Waals surface area contributed by atoms with E-state index >= 15 is 0 Å². The van der Waals surface area contributed by atoms with Crippen molar-refractivity contribution in [3.63, 3.8) is 0 Å². The first-order valence-electron chi connectivity index (χ1n) is 6.06. The average molecular weight is 380 g/mol. The Hall–Kier alpha value is -0.300. The maximum atomic E-state index is 11.6. The Balaban J connectivity index is 2.02. The van der Waals surface area contributed by atoms with Gasteiger partial charge in [-0.05, 0) is 60.1 Å². The van der Waals surface area contributed by atoms with E-state index in [-0.39, 0.29) is 11.4 Å². The molecular formula is C13H17IO3S. The van der Waals surface area contributed by atoms with Gasteiger partial charge in [0.1, 0.15) is 15.6 Å². The summed E-state index contributed by atoms with van der Waals surface area (Å²) in [5.74, 6) is 0.834. The summed E-state index contributed by atoms with van der Waals surface area (Å²) in [5, 5.41) is -0.237. The quantitative estimate of drug-likeness (QED) is 0.758. The Morgan fingerprint density at radius 3 is 2.78 bits per heavy atom. The van der Waals surface area contributed by atoms with Crippen molar-refractivity contribution in [2.45, 2.75) is 37.0 Å². The smallest absolute Gasteiger partial charge is 0.150 e. The molecule has 0 aliphatic heterocycles. The second-order valence-corrected chi connectivity index (χ2v) is 8.39. The minimum Gasteiger partial charge on any atom is -0.490 e. The van der Waals surface area contributed by atoms with Crippen molar-refractivity contribution < 1.29 is 13.2 Å². The molecule has 1 fully saturated rings. The molecule has 5 heteroatoms. The van der Waals surface area contributed by atoms with Crippen molar-refractivity contribution in [3.05, 3.63) is 27.8 Å². The average Bonchev–Trinajstić information content (AvgIpc) is 2.28. The third-order valence-corrected chi connectivity index (χ3v) is 5.59. The van der Waals surface area contributed by atoms with Gasteiger partial charge in [0.2, 0.25) is 0 Å². The first kappa shape index (κ1) is 14.1. The van der Waals surface area contributed by atoms with E-state index < -0.39 is 9.84 Å². The molecule has 2 atom stereocenters. The zero-order valence-electron chi connectivity index (χ0n) is 10.3. The second-order valence-electron chi connectivity index (χ2n) is 4.82. The lowest BCUT2D eigenvalue weighted by Crippen LogP contribution is -2.33. The largest absolute Gasteiger partial charge is 0.490 e. The normalized spacial score (nSPS) is 24.8. The van der Waals surface area contributed by atoms with E-state index in [9.17, 15) is 8.42 Å². The van der Waals surface area contributed by atoms with Gasteiger partial charge in [0.25, 0.3) is 0 Å². The van der Waals surface area contributed by atoms with Crippen LogP contribution in [0.15, 0.2) is 24.3 Å². The molecule has 1 aliphatic carbocycles. The Bertz CT molecular complexity index is 513. The van der Waals surface area contributed by atoms with Crippen LogP contribution in [0.4, 0.5) is 0 Å². The molecule has 0 amide bonds. The molecule has 3 nitrogen and oxygen atoms in total. The van der Waals surface area contributed by atoms with E-state index in [2.05, 4.69) is 22.6 Å². The summed E-state index contributed by atoms with van der Waals surface area (Å²) in [6, 6.07) is 7.86. The Labute approximate surface area is 122 Å². The van der Waals surface area contributed by atoms with Crippen LogP contribution in [-0.4, -0.2) is 26.0 Å². The molecule has 0 N–H and O–H groups in total. The van der Waals surface area contributed by atoms with Gasteiger partial charge in [0.15, 0.2) is 0 Å². The molecule has 0 bridgehead atoms. The van der Waals surface area contributed by atoms with Crippen molar-refractivity contribution in [3.8, 4) is 5.75 Å². The molecule has 18 heavy (non-hydrogen) atoms. The minimum atomic E-state index is -2.94. The van der Waals surface area contributed by atoms with Crippen LogP contribution >= 0.6 is 22.6 Å². The predicted molar refractivity (Wildman–Crippen MR) is 80.7 cm³/mol. The van der Waals surface area contributed by atoms with E-state index in [1.54, 1.807) is 0 Å². The standard InChI is InChI=1S/C13H17IO3S/c1-18(15,16)13-7-3-6-12(9-13)17-11-5-2-4-10(14)8-11/h2,4-5,8,12-13H,3,6-7,9H2,1H3. The molecule has 0 spiro atoms. The molecule has 1 saturated carbocycles. The molecule has 0 saturated heterocycles.